The van der Waals surface area contributed by atoms with Gasteiger partial charge in [-0.1, -0.05) is 18.2 Å². The fourth-order valence-electron chi connectivity index (χ4n) is 6.66. The highest BCUT2D eigenvalue weighted by Gasteiger charge is 2.34. The third kappa shape index (κ3) is 6.78. The molecule has 2 aliphatic heterocycles. The van der Waals surface area contributed by atoms with Crippen molar-refractivity contribution in [2.75, 3.05) is 66.0 Å². The predicted molar refractivity (Wildman–Crippen MR) is 181 cm³/mol. The molecule has 3 aromatic carbocycles. The van der Waals surface area contributed by atoms with Crippen LogP contribution in [0.4, 0.5) is 5.69 Å². The summed E-state index contributed by atoms with van der Waals surface area (Å²) in [5.74, 6) is 1.91. The Morgan fingerprint density at radius 3 is 2.31 bits per heavy atom. The minimum absolute atomic E-state index is 0.117. The fraction of sp³-hybridized carbons (Fsp3) is 0.389. The molecule has 1 saturated heterocycles. The number of para-hydroxylation sites is 2. The van der Waals surface area contributed by atoms with Crippen LogP contribution in [-0.2, 0) is 20.8 Å². The number of rotatable bonds is 8. The highest BCUT2D eigenvalue weighted by Crippen LogP contribution is 2.50. The molecule has 1 fully saturated rings. The average Bonchev–Trinajstić information content (AvgIpc) is 3.36. The van der Waals surface area contributed by atoms with Gasteiger partial charge in [0.15, 0.2) is 23.0 Å². The number of carbonyl (C=O) groups is 3. The molecule has 0 unspecified atom stereocenters. The first-order valence-electron chi connectivity index (χ1n) is 16.2. The van der Waals surface area contributed by atoms with Crippen molar-refractivity contribution in [3.63, 3.8) is 0 Å². The van der Waals surface area contributed by atoms with Gasteiger partial charge >= 0.3 is 0 Å². The molecule has 258 valence electrons. The number of anilines is 1. The van der Waals surface area contributed by atoms with Crippen molar-refractivity contribution in [3.8, 4) is 39.9 Å². The highest BCUT2D eigenvalue weighted by molar-refractivity contribution is 5.85. The normalized spacial score (nSPS) is 17.9. The molecule has 6 rings (SSSR count). The number of aryl methyl sites for hydroxylation is 1. The molecule has 1 aliphatic carbocycles. The zero-order chi connectivity index (χ0) is 34.7. The summed E-state index contributed by atoms with van der Waals surface area (Å²) in [5, 5.41) is 6.02. The molecule has 0 bridgehead atoms. The second-order valence-electron chi connectivity index (χ2n) is 12.0. The summed E-state index contributed by atoms with van der Waals surface area (Å²) in [7, 11) is 4.63. The zero-order valence-corrected chi connectivity index (χ0v) is 28.0. The first-order chi connectivity index (χ1) is 23.7. The minimum atomic E-state index is -0.747. The van der Waals surface area contributed by atoms with E-state index in [0.717, 1.165) is 11.1 Å². The van der Waals surface area contributed by atoms with Gasteiger partial charge in [0.05, 0.1) is 39.6 Å². The first-order valence-corrected chi connectivity index (χ1v) is 16.2. The molecule has 3 aliphatic rings. The van der Waals surface area contributed by atoms with E-state index >= 15 is 0 Å². The van der Waals surface area contributed by atoms with Gasteiger partial charge in [0.2, 0.25) is 29.1 Å². The van der Waals surface area contributed by atoms with E-state index in [1.165, 1.54) is 20.1 Å². The Labute approximate surface area is 284 Å². The lowest BCUT2D eigenvalue weighted by atomic mass is 9.95. The number of methoxy groups -OCH3 is 3. The summed E-state index contributed by atoms with van der Waals surface area (Å²) >= 11 is 0. The van der Waals surface area contributed by atoms with Crippen molar-refractivity contribution in [2.24, 2.45) is 0 Å². The number of amides is 3. The molecule has 2 atom stereocenters. The number of ether oxygens (including phenoxy) is 5. The summed E-state index contributed by atoms with van der Waals surface area (Å²) in [6.45, 7) is 2.85. The van der Waals surface area contributed by atoms with Gasteiger partial charge in [0.1, 0.15) is 6.61 Å². The smallest absolute Gasteiger partial charge is 0.267 e. The van der Waals surface area contributed by atoms with Crippen molar-refractivity contribution in [2.45, 2.75) is 31.9 Å². The van der Waals surface area contributed by atoms with Crippen LogP contribution in [0.2, 0.25) is 0 Å². The Balaban J connectivity index is 1.18. The maximum absolute atomic E-state index is 13.6. The SMILES string of the molecule is COc1cc2c(c(OC)c1OC)-c1ccc(NCC(=O)N3CCN(C(=O)[C@@H]4COc5ccccc5O4)CC3)c(=O)cc1[C@@H](NC(C)=O)CC2. The molecular weight excluding hydrogens is 632 g/mol. The third-order valence-electron chi connectivity index (χ3n) is 9.07. The van der Waals surface area contributed by atoms with Crippen LogP contribution in [-0.4, -0.2) is 94.3 Å². The van der Waals surface area contributed by atoms with Crippen LogP contribution in [0.5, 0.6) is 28.7 Å². The van der Waals surface area contributed by atoms with Crippen LogP contribution >= 0.6 is 0 Å². The Bertz CT molecular complexity index is 1820. The maximum atomic E-state index is 13.6. The van der Waals surface area contributed by atoms with Crippen molar-refractivity contribution in [1.29, 1.82) is 0 Å². The number of hydrogen-bond donors (Lipinski definition) is 2. The van der Waals surface area contributed by atoms with Gasteiger partial charge in [-0.25, -0.2) is 0 Å². The monoisotopic (exact) mass is 672 g/mol. The molecule has 2 N–H and O–H groups in total. The maximum Gasteiger partial charge on any atom is 0.267 e. The summed E-state index contributed by atoms with van der Waals surface area (Å²) in [6, 6.07) is 13.6. The van der Waals surface area contributed by atoms with Crippen LogP contribution in [0.15, 0.2) is 53.3 Å². The average molecular weight is 673 g/mol. The zero-order valence-electron chi connectivity index (χ0n) is 28.0. The van der Waals surface area contributed by atoms with Gasteiger partial charge in [-0.3, -0.25) is 19.2 Å². The van der Waals surface area contributed by atoms with E-state index in [4.69, 9.17) is 23.7 Å². The summed E-state index contributed by atoms with van der Waals surface area (Å²) in [6.07, 6.45) is 0.366. The van der Waals surface area contributed by atoms with Crippen molar-refractivity contribution in [1.82, 2.24) is 15.1 Å². The second kappa shape index (κ2) is 14.3. The van der Waals surface area contributed by atoms with E-state index in [1.807, 2.05) is 18.2 Å². The second-order valence-corrected chi connectivity index (χ2v) is 12.0. The number of nitrogens with zero attached hydrogens (tertiary/aromatic N) is 2. The number of fused-ring (bicyclic) bond motifs is 4. The molecule has 0 aromatic heterocycles. The standard InChI is InChI=1S/C36H40N4O9/c1-21(41)38-25-11-9-22-17-30(45-2)34(46-3)35(47-4)33(22)23-10-12-26(27(42)18-24(23)25)37-19-32(43)39-13-15-40(16-14-39)36(44)31-20-48-28-7-5-6-8-29(28)49-31/h5-8,10,12,17-18,25,31H,9,11,13-16,19-20H2,1-4H3,(H,37,42)(H,38,41)/t25-,31-/m0/s1. The lowest BCUT2D eigenvalue weighted by Gasteiger charge is -2.37. The van der Waals surface area contributed by atoms with Gasteiger partial charge in [-0.15, -0.1) is 0 Å². The van der Waals surface area contributed by atoms with Gasteiger partial charge in [-0.05, 0) is 59.9 Å². The predicted octanol–water partition coefficient (Wildman–Crippen LogP) is 2.79. The fourth-order valence-corrected chi connectivity index (χ4v) is 6.66. The number of piperazine rings is 1. The largest absolute Gasteiger partial charge is 0.493 e. The van der Waals surface area contributed by atoms with E-state index in [9.17, 15) is 19.2 Å². The molecule has 0 saturated carbocycles. The molecule has 13 nitrogen and oxygen atoms in total. The first kappa shape index (κ1) is 33.4. The number of carbonyl (C=O) groups excluding carboxylic acids is 3. The highest BCUT2D eigenvalue weighted by atomic mass is 16.6. The van der Waals surface area contributed by atoms with E-state index in [2.05, 4.69) is 10.6 Å². The van der Waals surface area contributed by atoms with Crippen molar-refractivity contribution in [3.05, 3.63) is 69.9 Å². The third-order valence-corrected chi connectivity index (χ3v) is 9.07. The van der Waals surface area contributed by atoms with E-state index < -0.39 is 12.1 Å². The van der Waals surface area contributed by atoms with Gasteiger partial charge < -0.3 is 44.1 Å². The molecule has 49 heavy (non-hydrogen) atoms. The van der Waals surface area contributed by atoms with Crippen LogP contribution in [0.3, 0.4) is 0 Å². The lowest BCUT2D eigenvalue weighted by Crippen LogP contribution is -2.55. The van der Waals surface area contributed by atoms with Crippen LogP contribution in [0.25, 0.3) is 11.1 Å². The molecule has 3 amide bonds. The Hall–Kier alpha value is -5.46. The van der Waals surface area contributed by atoms with Crippen molar-refractivity contribution >= 4 is 23.4 Å². The Morgan fingerprint density at radius 1 is 0.898 bits per heavy atom. The lowest BCUT2D eigenvalue weighted by molar-refractivity contribution is -0.145. The Kier molecular flexibility index (Phi) is 9.79. The van der Waals surface area contributed by atoms with Crippen LogP contribution < -0.4 is 39.7 Å². The molecule has 3 aromatic rings. The summed E-state index contributed by atoms with van der Waals surface area (Å²) in [5.41, 5.74) is 2.86. The van der Waals surface area contributed by atoms with E-state index in [1.54, 1.807) is 48.3 Å². The minimum Gasteiger partial charge on any atom is -0.493 e. The molecule has 0 radical (unpaired) electrons. The number of benzene rings is 2. The van der Waals surface area contributed by atoms with Crippen LogP contribution in [0, 0.1) is 0 Å². The van der Waals surface area contributed by atoms with E-state index in [-0.39, 0.29) is 42.0 Å². The number of hydrogen-bond acceptors (Lipinski definition) is 10. The van der Waals surface area contributed by atoms with Crippen LogP contribution in [0.1, 0.15) is 30.5 Å². The molecule has 2 heterocycles. The topological polar surface area (TPSA) is 145 Å². The molecular formula is C36H40N4O9. The number of nitrogens with one attached hydrogen (secondary N) is 2. The quantitative estimate of drug-likeness (QED) is 0.367. The summed E-state index contributed by atoms with van der Waals surface area (Å²) in [4.78, 5) is 55.6. The van der Waals surface area contributed by atoms with Crippen molar-refractivity contribution < 1.29 is 38.1 Å². The Morgan fingerprint density at radius 2 is 1.61 bits per heavy atom. The van der Waals surface area contributed by atoms with Gasteiger partial charge in [0.25, 0.3) is 5.91 Å². The summed E-state index contributed by atoms with van der Waals surface area (Å²) < 4.78 is 28.7. The van der Waals surface area contributed by atoms with Gasteiger partial charge in [-0.2, -0.15) is 0 Å². The molecule has 13 heteroatoms. The van der Waals surface area contributed by atoms with Gasteiger partial charge in [0, 0.05) is 38.7 Å². The van der Waals surface area contributed by atoms with E-state index in [0.29, 0.717) is 78.9 Å². The molecule has 0 spiro atoms.